The fourth-order valence-corrected chi connectivity index (χ4v) is 0.868. The van der Waals surface area contributed by atoms with Crippen molar-refractivity contribution in [2.45, 2.75) is 0 Å². The zero-order valence-corrected chi connectivity index (χ0v) is 8.25. The first kappa shape index (κ1) is 11.4. The van der Waals surface area contributed by atoms with Crippen LogP contribution >= 0.6 is 0 Å². The molecule has 0 heterocycles. The highest BCUT2D eigenvalue weighted by Gasteiger charge is 2.11. The summed E-state index contributed by atoms with van der Waals surface area (Å²) in [6.45, 7) is 0. The van der Waals surface area contributed by atoms with Gasteiger partial charge in [-0.2, -0.15) is 0 Å². The maximum Gasteiger partial charge on any atom is 0.345 e. The number of urea groups is 1. The summed E-state index contributed by atoms with van der Waals surface area (Å²) in [6, 6.07) is 2.21. The third-order valence-corrected chi connectivity index (χ3v) is 1.73. The molecule has 0 aliphatic rings. The fourth-order valence-electron chi connectivity index (χ4n) is 0.868. The lowest BCUT2D eigenvalue weighted by molar-refractivity contribution is -0.0598. The SMILES string of the molecule is CON(C)C(=O)Nc1ccc(F)cc1F. The van der Waals surface area contributed by atoms with Crippen molar-refractivity contribution >= 4 is 11.7 Å². The molecule has 4 nitrogen and oxygen atoms in total. The molecule has 0 aliphatic heterocycles. The number of nitrogens with one attached hydrogen (secondary N) is 1. The number of rotatable bonds is 2. The summed E-state index contributed by atoms with van der Waals surface area (Å²) < 4.78 is 25.6. The summed E-state index contributed by atoms with van der Waals surface area (Å²) in [5.74, 6) is -1.54. The van der Waals surface area contributed by atoms with Gasteiger partial charge in [-0.05, 0) is 12.1 Å². The molecule has 0 bridgehead atoms. The smallest absolute Gasteiger partial charge is 0.303 e. The van der Waals surface area contributed by atoms with Crippen LogP contribution in [0.4, 0.5) is 19.3 Å². The van der Waals surface area contributed by atoms with Crippen LogP contribution in [0, 0.1) is 11.6 Å². The van der Waals surface area contributed by atoms with E-state index in [0.717, 1.165) is 17.2 Å². The Morgan fingerprint density at radius 3 is 2.67 bits per heavy atom. The van der Waals surface area contributed by atoms with Crippen molar-refractivity contribution in [1.82, 2.24) is 5.06 Å². The molecule has 6 heteroatoms. The molecule has 0 unspecified atom stereocenters. The second kappa shape index (κ2) is 4.70. The number of benzene rings is 1. The molecule has 0 saturated heterocycles. The molecule has 82 valence electrons. The van der Waals surface area contributed by atoms with Crippen molar-refractivity contribution in [3.63, 3.8) is 0 Å². The van der Waals surface area contributed by atoms with Crippen LogP contribution in [-0.4, -0.2) is 25.3 Å². The molecule has 0 aromatic heterocycles. The molecule has 0 saturated carbocycles. The van der Waals surface area contributed by atoms with E-state index in [0.29, 0.717) is 6.07 Å². The molecule has 15 heavy (non-hydrogen) atoms. The standard InChI is InChI=1S/C9H10F2N2O2/c1-13(15-2)9(14)12-8-4-3-6(10)5-7(8)11/h3-5H,1-2H3,(H,12,14). The highest BCUT2D eigenvalue weighted by atomic mass is 19.1. The van der Waals surface area contributed by atoms with Gasteiger partial charge in [0.25, 0.3) is 0 Å². The third-order valence-electron chi connectivity index (χ3n) is 1.73. The van der Waals surface area contributed by atoms with Crippen LogP contribution in [0.15, 0.2) is 18.2 Å². The minimum Gasteiger partial charge on any atom is -0.303 e. The van der Waals surface area contributed by atoms with Gasteiger partial charge in [-0.3, -0.25) is 4.84 Å². The molecule has 0 atom stereocenters. The zero-order chi connectivity index (χ0) is 11.4. The van der Waals surface area contributed by atoms with Gasteiger partial charge >= 0.3 is 6.03 Å². The van der Waals surface area contributed by atoms with Crippen LogP contribution in [0.3, 0.4) is 0 Å². The van der Waals surface area contributed by atoms with E-state index >= 15 is 0 Å². The Bertz CT molecular complexity index is 371. The number of hydrogen-bond donors (Lipinski definition) is 1. The maximum atomic E-state index is 13.1. The van der Waals surface area contributed by atoms with E-state index in [2.05, 4.69) is 10.2 Å². The summed E-state index contributed by atoms with van der Waals surface area (Å²) in [7, 11) is 2.65. The first-order chi connectivity index (χ1) is 7.04. The summed E-state index contributed by atoms with van der Waals surface area (Å²) in [6.07, 6.45) is 0. The van der Waals surface area contributed by atoms with Crippen LogP contribution in [0.1, 0.15) is 0 Å². The van der Waals surface area contributed by atoms with Gasteiger partial charge in [-0.25, -0.2) is 18.6 Å². The van der Waals surface area contributed by atoms with Gasteiger partial charge in [-0.1, -0.05) is 0 Å². The molecule has 1 N–H and O–H groups in total. The normalized spacial score (nSPS) is 9.87. The van der Waals surface area contributed by atoms with Crippen LogP contribution in [0.25, 0.3) is 0 Å². The molecule has 0 aliphatic carbocycles. The third kappa shape index (κ3) is 2.88. The summed E-state index contributed by atoms with van der Waals surface area (Å²) in [4.78, 5) is 15.8. The lowest BCUT2D eigenvalue weighted by atomic mass is 10.3. The van der Waals surface area contributed by atoms with E-state index in [1.165, 1.54) is 14.2 Å². The summed E-state index contributed by atoms with van der Waals surface area (Å²) in [5.41, 5.74) is -0.106. The number of amides is 2. The molecule has 1 rings (SSSR count). The first-order valence-electron chi connectivity index (χ1n) is 4.08. The first-order valence-corrected chi connectivity index (χ1v) is 4.08. The number of carbonyl (C=O) groups is 1. The van der Waals surface area contributed by atoms with Crippen LogP contribution in [0.2, 0.25) is 0 Å². The number of carbonyl (C=O) groups excluding carboxylic acids is 1. The van der Waals surface area contributed by atoms with E-state index in [1.54, 1.807) is 0 Å². The van der Waals surface area contributed by atoms with E-state index in [-0.39, 0.29) is 5.69 Å². The Morgan fingerprint density at radius 2 is 2.13 bits per heavy atom. The molecule has 0 fully saturated rings. The number of halogens is 2. The van der Waals surface area contributed by atoms with Crippen molar-refractivity contribution in [2.24, 2.45) is 0 Å². The average Bonchev–Trinajstić information content (AvgIpc) is 2.20. The van der Waals surface area contributed by atoms with Crippen molar-refractivity contribution in [2.75, 3.05) is 19.5 Å². The van der Waals surface area contributed by atoms with Gasteiger partial charge in [0, 0.05) is 13.1 Å². The van der Waals surface area contributed by atoms with Gasteiger partial charge in [0.15, 0.2) is 0 Å². The lowest BCUT2D eigenvalue weighted by Gasteiger charge is -2.14. The van der Waals surface area contributed by atoms with Crippen molar-refractivity contribution in [1.29, 1.82) is 0 Å². The minimum atomic E-state index is -0.840. The Morgan fingerprint density at radius 1 is 1.47 bits per heavy atom. The molecule has 1 aromatic rings. The second-order valence-electron chi connectivity index (χ2n) is 2.73. The molecular formula is C9H10F2N2O2. The summed E-state index contributed by atoms with van der Waals surface area (Å²) >= 11 is 0. The van der Waals surface area contributed by atoms with E-state index in [9.17, 15) is 13.6 Å². The number of nitrogens with zero attached hydrogens (tertiary/aromatic N) is 1. The van der Waals surface area contributed by atoms with Crippen LogP contribution < -0.4 is 5.32 Å². The number of hydroxylamine groups is 2. The molecule has 2 amide bonds. The Hall–Kier alpha value is -1.69. The zero-order valence-electron chi connectivity index (χ0n) is 8.25. The highest BCUT2D eigenvalue weighted by Crippen LogP contribution is 2.15. The van der Waals surface area contributed by atoms with Crippen molar-refractivity contribution in [3.05, 3.63) is 29.8 Å². The topological polar surface area (TPSA) is 41.6 Å². The molecule has 0 spiro atoms. The van der Waals surface area contributed by atoms with Crippen molar-refractivity contribution in [3.8, 4) is 0 Å². The molecule has 1 aromatic carbocycles. The van der Waals surface area contributed by atoms with E-state index < -0.39 is 17.7 Å². The predicted molar refractivity (Wildman–Crippen MR) is 50.1 cm³/mol. The Labute approximate surface area is 85.4 Å². The largest absolute Gasteiger partial charge is 0.345 e. The van der Waals surface area contributed by atoms with Gasteiger partial charge < -0.3 is 5.32 Å². The van der Waals surface area contributed by atoms with Gasteiger partial charge in [0.2, 0.25) is 0 Å². The second-order valence-corrected chi connectivity index (χ2v) is 2.73. The van der Waals surface area contributed by atoms with Crippen LogP contribution in [0.5, 0.6) is 0 Å². The minimum absolute atomic E-state index is 0.106. The average molecular weight is 216 g/mol. The monoisotopic (exact) mass is 216 g/mol. The fraction of sp³-hybridized carbons (Fsp3) is 0.222. The van der Waals surface area contributed by atoms with Crippen molar-refractivity contribution < 1.29 is 18.4 Å². The number of hydrogen-bond acceptors (Lipinski definition) is 2. The van der Waals surface area contributed by atoms with Crippen LogP contribution in [-0.2, 0) is 4.84 Å². The lowest BCUT2D eigenvalue weighted by Crippen LogP contribution is -2.30. The quantitative estimate of drug-likeness (QED) is 0.768. The van der Waals surface area contributed by atoms with E-state index in [4.69, 9.17) is 0 Å². The predicted octanol–water partition coefficient (Wildman–Crippen LogP) is 1.99. The summed E-state index contributed by atoms with van der Waals surface area (Å²) in [5, 5.41) is 3.09. The number of anilines is 1. The maximum absolute atomic E-state index is 13.1. The highest BCUT2D eigenvalue weighted by molar-refractivity contribution is 5.88. The molecule has 0 radical (unpaired) electrons. The van der Waals surface area contributed by atoms with Gasteiger partial charge in [0.1, 0.15) is 11.6 Å². The molecular weight excluding hydrogens is 206 g/mol. The van der Waals surface area contributed by atoms with Gasteiger partial charge in [0.05, 0.1) is 12.8 Å². The Kier molecular flexibility index (Phi) is 3.56. The van der Waals surface area contributed by atoms with Gasteiger partial charge in [-0.15, -0.1) is 0 Å². The Balaban J connectivity index is 2.77. The van der Waals surface area contributed by atoms with E-state index in [1.807, 2.05) is 0 Å².